The van der Waals surface area contributed by atoms with Gasteiger partial charge in [0.05, 0.1) is 25.3 Å². The van der Waals surface area contributed by atoms with Crippen LogP contribution in [0.15, 0.2) is 17.8 Å². The fourth-order valence-corrected chi connectivity index (χ4v) is 3.39. The lowest BCUT2D eigenvalue weighted by molar-refractivity contribution is -0.143. The van der Waals surface area contributed by atoms with Crippen LogP contribution in [0, 0.1) is 0 Å². The Kier molecular flexibility index (Phi) is 6.85. The Labute approximate surface area is 140 Å². The standard InChI is InChI=1S/C16H23N3O3S/c1-3-22-16(21)6-9-19-8-5-14(18-19)10-13-11-17-7-4-15(13)23-12(2)20/h5,8,10,15,17H,3-4,6-7,9,11H2,1-2H3/b13-10+/t15-/m0/s1. The number of thioether (sulfide) groups is 1. The summed E-state index contributed by atoms with van der Waals surface area (Å²) in [5.41, 5.74) is 2.04. The second kappa shape index (κ2) is 8.88. The van der Waals surface area contributed by atoms with Crippen LogP contribution in [-0.4, -0.2) is 45.8 Å². The van der Waals surface area contributed by atoms with Gasteiger partial charge < -0.3 is 10.1 Å². The third-order valence-electron chi connectivity index (χ3n) is 3.48. The highest BCUT2D eigenvalue weighted by Gasteiger charge is 2.21. The molecule has 0 saturated carbocycles. The van der Waals surface area contributed by atoms with Gasteiger partial charge in [0.15, 0.2) is 5.12 Å². The predicted octanol–water partition coefficient (Wildman–Crippen LogP) is 1.86. The maximum atomic E-state index is 11.4. The maximum Gasteiger partial charge on any atom is 0.307 e. The number of nitrogens with one attached hydrogen (secondary N) is 1. The molecule has 0 aliphatic carbocycles. The molecule has 0 amide bonds. The Bertz CT molecular complexity index is 583. The molecule has 7 heteroatoms. The van der Waals surface area contributed by atoms with Crippen LogP contribution in [0.25, 0.3) is 6.08 Å². The number of hydrogen-bond acceptors (Lipinski definition) is 6. The number of esters is 1. The third kappa shape index (κ3) is 5.84. The van der Waals surface area contributed by atoms with E-state index in [-0.39, 0.29) is 16.3 Å². The summed E-state index contributed by atoms with van der Waals surface area (Å²) in [5.74, 6) is -0.211. The quantitative estimate of drug-likeness (QED) is 0.799. The number of hydrogen-bond donors (Lipinski definition) is 1. The first-order valence-electron chi connectivity index (χ1n) is 7.86. The van der Waals surface area contributed by atoms with E-state index in [2.05, 4.69) is 10.4 Å². The van der Waals surface area contributed by atoms with Crippen LogP contribution < -0.4 is 5.32 Å². The topological polar surface area (TPSA) is 73.2 Å². The summed E-state index contributed by atoms with van der Waals surface area (Å²) in [6.45, 7) is 6.01. The van der Waals surface area contributed by atoms with Crippen LogP contribution in [0.2, 0.25) is 0 Å². The highest BCUT2D eigenvalue weighted by Crippen LogP contribution is 2.26. The molecule has 126 valence electrons. The normalized spacial score (nSPS) is 19.7. The van der Waals surface area contributed by atoms with Crippen molar-refractivity contribution in [1.82, 2.24) is 15.1 Å². The van der Waals surface area contributed by atoms with Crippen molar-refractivity contribution in [2.24, 2.45) is 0 Å². The average Bonchev–Trinajstić information content (AvgIpc) is 2.95. The van der Waals surface area contributed by atoms with E-state index in [1.807, 2.05) is 18.3 Å². The van der Waals surface area contributed by atoms with Crippen molar-refractivity contribution in [3.8, 4) is 0 Å². The van der Waals surface area contributed by atoms with Gasteiger partial charge in [-0.05, 0) is 37.6 Å². The minimum Gasteiger partial charge on any atom is -0.466 e. The van der Waals surface area contributed by atoms with Crippen LogP contribution in [0.3, 0.4) is 0 Å². The minimum absolute atomic E-state index is 0.141. The van der Waals surface area contributed by atoms with Gasteiger partial charge in [-0.25, -0.2) is 0 Å². The van der Waals surface area contributed by atoms with E-state index in [1.54, 1.807) is 18.5 Å². The van der Waals surface area contributed by atoms with Gasteiger partial charge in [0, 0.05) is 24.9 Å². The number of piperidine rings is 1. The van der Waals surface area contributed by atoms with Crippen molar-refractivity contribution >= 4 is 28.9 Å². The number of carbonyl (C=O) groups excluding carboxylic acids is 2. The first kappa shape index (κ1) is 17.7. The molecule has 0 aromatic carbocycles. The molecule has 1 saturated heterocycles. The minimum atomic E-state index is -0.211. The molecular weight excluding hydrogens is 314 g/mol. The fraction of sp³-hybridized carbons (Fsp3) is 0.562. The second-order valence-electron chi connectivity index (χ2n) is 5.34. The number of rotatable bonds is 6. The summed E-state index contributed by atoms with van der Waals surface area (Å²) >= 11 is 1.39. The van der Waals surface area contributed by atoms with Crippen molar-refractivity contribution in [1.29, 1.82) is 0 Å². The van der Waals surface area contributed by atoms with Crippen LogP contribution >= 0.6 is 11.8 Å². The monoisotopic (exact) mass is 337 g/mol. The van der Waals surface area contributed by atoms with Gasteiger partial charge in [-0.3, -0.25) is 14.3 Å². The lowest BCUT2D eigenvalue weighted by atomic mass is 10.0. The molecule has 1 atom stereocenters. The molecule has 6 nitrogen and oxygen atoms in total. The molecular formula is C16H23N3O3S. The largest absolute Gasteiger partial charge is 0.466 e. The van der Waals surface area contributed by atoms with Gasteiger partial charge >= 0.3 is 5.97 Å². The molecule has 1 N–H and O–H groups in total. The lowest BCUT2D eigenvalue weighted by Crippen LogP contribution is -2.32. The Balaban J connectivity index is 1.98. The van der Waals surface area contributed by atoms with Gasteiger partial charge in [-0.1, -0.05) is 11.8 Å². The van der Waals surface area contributed by atoms with Crippen LogP contribution in [-0.2, 0) is 20.9 Å². The summed E-state index contributed by atoms with van der Waals surface area (Å²) in [4.78, 5) is 22.7. The molecule has 0 radical (unpaired) electrons. The maximum absolute atomic E-state index is 11.4. The van der Waals surface area contributed by atoms with E-state index in [1.165, 1.54) is 17.3 Å². The fourth-order valence-electron chi connectivity index (χ4n) is 2.45. The average molecular weight is 337 g/mol. The Morgan fingerprint density at radius 2 is 2.39 bits per heavy atom. The highest BCUT2D eigenvalue weighted by molar-refractivity contribution is 8.14. The zero-order chi connectivity index (χ0) is 16.7. The molecule has 1 aliphatic heterocycles. The highest BCUT2D eigenvalue weighted by atomic mass is 32.2. The number of aromatic nitrogens is 2. The Morgan fingerprint density at radius 3 is 3.13 bits per heavy atom. The lowest BCUT2D eigenvalue weighted by Gasteiger charge is -2.24. The smallest absolute Gasteiger partial charge is 0.307 e. The molecule has 1 aromatic rings. The molecule has 0 unspecified atom stereocenters. The molecule has 1 aromatic heterocycles. The summed E-state index contributed by atoms with van der Waals surface area (Å²) in [5, 5.41) is 8.15. The van der Waals surface area contributed by atoms with Crippen molar-refractivity contribution in [3.05, 3.63) is 23.5 Å². The number of ether oxygens (including phenoxy) is 1. The van der Waals surface area contributed by atoms with Gasteiger partial charge in [0.25, 0.3) is 0 Å². The van der Waals surface area contributed by atoms with E-state index in [0.717, 1.165) is 25.2 Å². The van der Waals surface area contributed by atoms with E-state index in [4.69, 9.17) is 4.74 Å². The number of aryl methyl sites for hydroxylation is 1. The van der Waals surface area contributed by atoms with E-state index in [0.29, 0.717) is 19.6 Å². The molecule has 2 heterocycles. The SMILES string of the molecule is CCOC(=O)CCn1ccc(/C=C2\CNCC[C@@H]2SC(C)=O)n1. The predicted molar refractivity (Wildman–Crippen MR) is 91.0 cm³/mol. The van der Waals surface area contributed by atoms with Crippen molar-refractivity contribution in [2.45, 2.75) is 38.5 Å². The Morgan fingerprint density at radius 1 is 1.57 bits per heavy atom. The molecule has 0 bridgehead atoms. The first-order chi connectivity index (χ1) is 11.1. The zero-order valence-corrected chi connectivity index (χ0v) is 14.4. The second-order valence-corrected chi connectivity index (χ2v) is 6.72. The summed E-state index contributed by atoms with van der Waals surface area (Å²) in [6.07, 6.45) is 5.15. The van der Waals surface area contributed by atoms with Crippen LogP contribution in [0.5, 0.6) is 0 Å². The Hall–Kier alpha value is -1.60. The zero-order valence-electron chi connectivity index (χ0n) is 13.6. The van der Waals surface area contributed by atoms with Crippen LogP contribution in [0.1, 0.15) is 32.4 Å². The number of nitrogens with zero attached hydrogens (tertiary/aromatic N) is 2. The summed E-state index contributed by atoms with van der Waals surface area (Å²) < 4.78 is 6.65. The molecule has 2 rings (SSSR count). The molecule has 23 heavy (non-hydrogen) atoms. The summed E-state index contributed by atoms with van der Waals surface area (Å²) in [7, 11) is 0. The molecule has 1 aliphatic rings. The first-order valence-corrected chi connectivity index (χ1v) is 8.74. The summed E-state index contributed by atoms with van der Waals surface area (Å²) in [6, 6.07) is 1.92. The van der Waals surface area contributed by atoms with Crippen molar-refractivity contribution in [2.75, 3.05) is 19.7 Å². The van der Waals surface area contributed by atoms with Gasteiger partial charge in [0.2, 0.25) is 0 Å². The van der Waals surface area contributed by atoms with Gasteiger partial charge in [-0.2, -0.15) is 5.10 Å². The van der Waals surface area contributed by atoms with Crippen molar-refractivity contribution < 1.29 is 14.3 Å². The van der Waals surface area contributed by atoms with Gasteiger partial charge in [-0.15, -0.1) is 0 Å². The van der Waals surface area contributed by atoms with Crippen LogP contribution in [0.4, 0.5) is 0 Å². The van der Waals surface area contributed by atoms with E-state index in [9.17, 15) is 9.59 Å². The molecule has 0 spiro atoms. The third-order valence-corrected chi connectivity index (χ3v) is 4.63. The molecule has 1 fully saturated rings. The van der Waals surface area contributed by atoms with E-state index < -0.39 is 0 Å². The number of carbonyl (C=O) groups is 2. The van der Waals surface area contributed by atoms with E-state index >= 15 is 0 Å². The van der Waals surface area contributed by atoms with Crippen molar-refractivity contribution in [3.63, 3.8) is 0 Å². The van der Waals surface area contributed by atoms with Gasteiger partial charge in [0.1, 0.15) is 0 Å².